The molecular weight excluding hydrogens is 570 g/mol. The highest BCUT2D eigenvalue weighted by Gasteiger charge is 2.56. The highest BCUT2D eigenvalue weighted by Crippen LogP contribution is 2.54. The van der Waals surface area contributed by atoms with Crippen molar-refractivity contribution in [2.75, 3.05) is 17.3 Å². The molecular formula is C29H22ClN3O5S2. The average Bonchev–Trinajstić information content (AvgIpc) is 3.40. The second-order valence-corrected chi connectivity index (χ2v) is 11.9. The van der Waals surface area contributed by atoms with Gasteiger partial charge in [0.25, 0.3) is 0 Å². The molecule has 40 heavy (non-hydrogen) atoms. The summed E-state index contributed by atoms with van der Waals surface area (Å²) in [6.45, 7) is -0.220. The van der Waals surface area contributed by atoms with Crippen LogP contribution in [-0.2, 0) is 20.9 Å². The van der Waals surface area contributed by atoms with E-state index >= 15 is 0 Å². The van der Waals surface area contributed by atoms with E-state index in [9.17, 15) is 19.2 Å². The number of halogens is 1. The number of imide groups is 1. The first-order valence-electron chi connectivity index (χ1n) is 12.4. The zero-order valence-corrected chi connectivity index (χ0v) is 23.5. The monoisotopic (exact) mass is 591 g/mol. The molecule has 11 heteroatoms. The zero-order valence-electron chi connectivity index (χ0n) is 21.1. The number of benzene rings is 3. The van der Waals surface area contributed by atoms with Gasteiger partial charge in [0.2, 0.25) is 17.7 Å². The number of aromatic nitrogens is 1. The fourth-order valence-electron chi connectivity index (χ4n) is 5.14. The van der Waals surface area contributed by atoms with Gasteiger partial charge in [0, 0.05) is 21.5 Å². The van der Waals surface area contributed by atoms with Gasteiger partial charge in [0.15, 0.2) is 0 Å². The third-order valence-corrected chi connectivity index (χ3v) is 9.82. The lowest BCUT2D eigenvalue weighted by Crippen LogP contribution is -2.33. The van der Waals surface area contributed by atoms with Gasteiger partial charge in [-0.15, -0.1) is 0 Å². The second kappa shape index (κ2) is 10.6. The van der Waals surface area contributed by atoms with Crippen molar-refractivity contribution in [3.05, 3.63) is 104 Å². The number of nitrogens with one attached hydrogen (secondary N) is 1. The topological polar surface area (TPSA) is 97.7 Å². The summed E-state index contributed by atoms with van der Waals surface area (Å²) in [5.74, 6) is -1.73. The van der Waals surface area contributed by atoms with Gasteiger partial charge in [-0.3, -0.25) is 23.7 Å². The highest BCUT2D eigenvalue weighted by atomic mass is 35.5. The van der Waals surface area contributed by atoms with E-state index < -0.39 is 17.1 Å². The number of carbonyl (C=O) groups excluding carboxylic acids is 3. The Labute approximate surface area is 242 Å². The van der Waals surface area contributed by atoms with E-state index in [0.717, 1.165) is 16.9 Å². The first kappa shape index (κ1) is 26.4. The van der Waals surface area contributed by atoms with Crippen molar-refractivity contribution in [2.24, 2.45) is 5.92 Å². The molecule has 2 aliphatic rings. The van der Waals surface area contributed by atoms with Crippen LogP contribution in [0.2, 0.25) is 5.02 Å². The van der Waals surface area contributed by atoms with Gasteiger partial charge in [0.1, 0.15) is 17.5 Å². The van der Waals surface area contributed by atoms with Gasteiger partial charge >= 0.3 is 4.87 Å². The van der Waals surface area contributed by atoms with Crippen molar-refractivity contribution in [3.63, 3.8) is 0 Å². The van der Waals surface area contributed by atoms with Crippen molar-refractivity contribution in [3.8, 4) is 5.75 Å². The van der Waals surface area contributed by atoms with Gasteiger partial charge in [-0.2, -0.15) is 0 Å². The Balaban J connectivity index is 1.42. The van der Waals surface area contributed by atoms with Crippen molar-refractivity contribution in [1.29, 1.82) is 0 Å². The Morgan fingerprint density at radius 3 is 2.33 bits per heavy atom. The summed E-state index contributed by atoms with van der Waals surface area (Å²) >= 11 is 8.22. The van der Waals surface area contributed by atoms with Gasteiger partial charge in [-0.25, -0.2) is 4.90 Å². The fraction of sp³-hybridized carbons (Fsp3) is 0.172. The number of rotatable bonds is 6. The van der Waals surface area contributed by atoms with E-state index in [-0.39, 0.29) is 29.1 Å². The second-order valence-electron chi connectivity index (χ2n) is 9.34. The summed E-state index contributed by atoms with van der Waals surface area (Å²) in [6.07, 6.45) is 0. The number of nitrogens with zero attached hydrogens (tertiary/aromatic N) is 2. The van der Waals surface area contributed by atoms with E-state index in [1.807, 2.05) is 18.2 Å². The number of anilines is 2. The minimum Gasteiger partial charge on any atom is -0.497 e. The molecule has 0 unspecified atom stereocenters. The van der Waals surface area contributed by atoms with Gasteiger partial charge in [0.05, 0.1) is 23.7 Å². The van der Waals surface area contributed by atoms with E-state index in [2.05, 4.69) is 5.32 Å². The molecule has 1 N–H and O–H groups in total. The Bertz CT molecular complexity index is 1670. The van der Waals surface area contributed by atoms with Crippen LogP contribution in [0.4, 0.5) is 11.4 Å². The Morgan fingerprint density at radius 2 is 1.65 bits per heavy atom. The maximum absolute atomic E-state index is 13.9. The number of methoxy groups -OCH3 is 1. The van der Waals surface area contributed by atoms with E-state index in [4.69, 9.17) is 16.3 Å². The summed E-state index contributed by atoms with van der Waals surface area (Å²) in [5, 5.41) is 3.05. The number of amides is 3. The molecule has 2 aliphatic heterocycles. The van der Waals surface area contributed by atoms with Crippen LogP contribution < -0.4 is 19.8 Å². The standard InChI is InChI=1S/C29H22ClN3O5S2/c1-38-20-13-7-16(8-14-20)22-23-24(27(36)33(26(23)35)19-11-9-17(30)10-12-19)39-28-25(22)40-29(37)32(28)15-21(34)31-18-5-3-2-4-6-18/h2-14,22-24H,15H2,1H3,(H,31,34)/t22-,23-,24+/m0/s1. The van der Waals surface area contributed by atoms with E-state index in [1.54, 1.807) is 67.8 Å². The Kier molecular flexibility index (Phi) is 6.99. The van der Waals surface area contributed by atoms with Crippen molar-refractivity contribution in [1.82, 2.24) is 4.57 Å². The van der Waals surface area contributed by atoms with Crippen molar-refractivity contribution in [2.45, 2.75) is 22.7 Å². The molecule has 4 aromatic rings. The molecule has 202 valence electrons. The molecule has 1 aromatic heterocycles. The fourth-order valence-corrected chi connectivity index (χ4v) is 8.04. The third kappa shape index (κ3) is 4.61. The third-order valence-electron chi connectivity index (χ3n) is 6.97. The molecule has 0 aliphatic carbocycles. The normalized spacial score (nSPS) is 19.8. The summed E-state index contributed by atoms with van der Waals surface area (Å²) in [7, 11) is 1.57. The summed E-state index contributed by atoms with van der Waals surface area (Å²) in [5.41, 5.74) is 1.83. The minimum atomic E-state index is -0.778. The van der Waals surface area contributed by atoms with E-state index in [1.165, 1.54) is 21.2 Å². The lowest BCUT2D eigenvalue weighted by molar-refractivity contribution is -0.122. The number of para-hydroxylation sites is 1. The van der Waals surface area contributed by atoms with Crippen LogP contribution in [0.3, 0.4) is 0 Å². The lowest BCUT2D eigenvalue weighted by atomic mass is 9.83. The number of thiazole rings is 1. The number of ether oxygens (including phenoxy) is 1. The lowest BCUT2D eigenvalue weighted by Gasteiger charge is -2.30. The molecule has 0 saturated carbocycles. The van der Waals surface area contributed by atoms with Crippen LogP contribution in [0.15, 0.2) is 88.7 Å². The predicted octanol–water partition coefficient (Wildman–Crippen LogP) is 5.01. The first-order valence-corrected chi connectivity index (χ1v) is 14.5. The molecule has 3 aromatic carbocycles. The molecule has 3 amide bonds. The highest BCUT2D eigenvalue weighted by molar-refractivity contribution is 8.00. The predicted molar refractivity (Wildman–Crippen MR) is 156 cm³/mol. The molecule has 0 spiro atoms. The molecule has 0 radical (unpaired) electrons. The van der Waals surface area contributed by atoms with Crippen LogP contribution in [0.1, 0.15) is 16.4 Å². The van der Waals surface area contributed by atoms with Crippen LogP contribution in [-0.4, -0.2) is 34.6 Å². The smallest absolute Gasteiger partial charge is 0.308 e. The zero-order chi connectivity index (χ0) is 28.0. The largest absolute Gasteiger partial charge is 0.497 e. The SMILES string of the molecule is COc1ccc([C@@H]2c3sc(=O)n(CC(=O)Nc4ccccc4)c3S[C@H]3C(=O)N(c4ccc(Cl)cc4)C(=O)[C@@H]23)cc1. The number of fused-ring (bicyclic) bond motifs is 2. The van der Waals surface area contributed by atoms with Gasteiger partial charge in [-0.05, 0) is 54.1 Å². The van der Waals surface area contributed by atoms with Crippen molar-refractivity contribution < 1.29 is 19.1 Å². The van der Waals surface area contributed by atoms with Crippen LogP contribution in [0, 0.1) is 5.92 Å². The molecule has 3 atom stereocenters. The quantitative estimate of drug-likeness (QED) is 0.317. The van der Waals surface area contributed by atoms with Crippen molar-refractivity contribution >= 4 is 63.8 Å². The molecule has 1 fully saturated rings. The summed E-state index contributed by atoms with van der Waals surface area (Å²) < 4.78 is 6.71. The molecule has 6 rings (SSSR count). The minimum absolute atomic E-state index is 0.220. The summed E-state index contributed by atoms with van der Waals surface area (Å²) in [4.78, 5) is 55.4. The Hall–Kier alpha value is -3.86. The number of thioether (sulfide) groups is 1. The maximum atomic E-state index is 13.9. The molecule has 0 bridgehead atoms. The molecule has 3 heterocycles. The average molecular weight is 592 g/mol. The molecule has 8 nitrogen and oxygen atoms in total. The van der Waals surface area contributed by atoms with Crippen LogP contribution in [0.25, 0.3) is 0 Å². The van der Waals surface area contributed by atoms with Crippen LogP contribution >= 0.6 is 34.7 Å². The Morgan fingerprint density at radius 1 is 0.950 bits per heavy atom. The first-order chi connectivity index (χ1) is 19.4. The van der Waals surface area contributed by atoms with Gasteiger partial charge in [-0.1, -0.05) is 65.0 Å². The molecule has 1 saturated heterocycles. The van der Waals surface area contributed by atoms with E-state index in [0.29, 0.717) is 32.1 Å². The number of carbonyl (C=O) groups is 3. The van der Waals surface area contributed by atoms with Crippen LogP contribution in [0.5, 0.6) is 5.75 Å². The number of hydrogen-bond donors (Lipinski definition) is 1. The summed E-state index contributed by atoms with van der Waals surface area (Å²) in [6, 6.07) is 22.8. The van der Waals surface area contributed by atoms with Gasteiger partial charge < -0.3 is 10.1 Å². The number of hydrogen-bond acceptors (Lipinski definition) is 7. The maximum Gasteiger partial charge on any atom is 0.308 e.